The van der Waals surface area contributed by atoms with E-state index in [9.17, 15) is 5.11 Å². The highest BCUT2D eigenvalue weighted by atomic mass is 79.9. The normalized spacial score (nSPS) is 18.0. The number of benzene rings is 2. The maximum atomic E-state index is 10.5. The van der Waals surface area contributed by atoms with Crippen LogP contribution in [0.2, 0.25) is 0 Å². The lowest BCUT2D eigenvalue weighted by Crippen LogP contribution is -2.20. The molecule has 0 amide bonds. The van der Waals surface area contributed by atoms with E-state index in [0.29, 0.717) is 13.0 Å². The topological polar surface area (TPSA) is 75.9 Å². The van der Waals surface area contributed by atoms with Gasteiger partial charge in [-0.15, -0.1) is 0 Å². The Morgan fingerprint density at radius 1 is 1.10 bits per heavy atom. The van der Waals surface area contributed by atoms with Crippen LogP contribution in [0.3, 0.4) is 0 Å². The number of halogens is 1. The molecule has 2 N–H and O–H groups in total. The molecule has 5 aromatic rings. The van der Waals surface area contributed by atoms with Gasteiger partial charge in [0.15, 0.2) is 10.8 Å². The van der Waals surface area contributed by atoms with E-state index in [0.717, 1.165) is 42.2 Å². The number of thiazole rings is 1. The van der Waals surface area contributed by atoms with Crippen molar-refractivity contribution in [2.24, 2.45) is 0 Å². The lowest BCUT2D eigenvalue weighted by molar-refractivity contribution is 0.166. The molecule has 0 bridgehead atoms. The summed E-state index contributed by atoms with van der Waals surface area (Å²) in [5.41, 5.74) is 6.20. The van der Waals surface area contributed by atoms with Crippen LogP contribution in [-0.2, 0) is 13.0 Å². The number of hydrogen-bond acceptors (Lipinski definition) is 6. The molecule has 6 rings (SSSR count). The first-order chi connectivity index (χ1) is 15.1. The van der Waals surface area contributed by atoms with Gasteiger partial charge in [-0.25, -0.2) is 15.0 Å². The van der Waals surface area contributed by atoms with E-state index in [1.807, 2.05) is 41.2 Å². The maximum absolute atomic E-state index is 10.5. The smallest absolute Gasteiger partial charge is 0.184 e. The lowest BCUT2D eigenvalue weighted by Gasteiger charge is -2.16. The van der Waals surface area contributed by atoms with Crippen LogP contribution in [0, 0.1) is 0 Å². The number of hydrogen-bond donors (Lipinski definition) is 2. The first-order valence-electron chi connectivity index (χ1n) is 10.0. The third-order valence-corrected chi connectivity index (χ3v) is 7.11. The van der Waals surface area contributed by atoms with Crippen molar-refractivity contribution in [3.8, 4) is 0 Å². The third-order valence-electron chi connectivity index (χ3n) is 5.72. The summed E-state index contributed by atoms with van der Waals surface area (Å²) in [6, 6.07) is 18.2. The first-order valence-corrected chi connectivity index (χ1v) is 11.6. The molecule has 0 radical (unpaired) electrons. The molecular formula is C23H18BrN5OS. The summed E-state index contributed by atoms with van der Waals surface area (Å²) in [6.07, 6.45) is 2.06. The first kappa shape index (κ1) is 18.9. The summed E-state index contributed by atoms with van der Waals surface area (Å²) in [5, 5.41) is 14.8. The highest BCUT2D eigenvalue weighted by molar-refractivity contribution is 9.10. The second-order valence-electron chi connectivity index (χ2n) is 7.76. The van der Waals surface area contributed by atoms with E-state index in [2.05, 4.69) is 55.5 Å². The fourth-order valence-electron chi connectivity index (χ4n) is 4.24. The number of nitrogens with one attached hydrogen (secondary N) is 1. The standard InChI is InChI=1S/C23H18BrN5OS/c24-20-8-7-17-22(27-20)29(12-25-17)11-13-5-6-16-19(9-13)31-23(26-16)28-21-15-4-2-1-3-14(15)10-18(21)30/h1-9,12,18,21,30H,10-11H2,(H,26,28)/t18-,21-/m1/s1. The molecule has 0 spiro atoms. The summed E-state index contributed by atoms with van der Waals surface area (Å²) >= 11 is 5.05. The number of fused-ring (bicyclic) bond motifs is 3. The molecule has 2 atom stereocenters. The highest BCUT2D eigenvalue weighted by Crippen LogP contribution is 2.36. The van der Waals surface area contributed by atoms with E-state index in [4.69, 9.17) is 4.98 Å². The summed E-state index contributed by atoms with van der Waals surface area (Å²) < 4.78 is 3.96. The van der Waals surface area contributed by atoms with Crippen molar-refractivity contribution in [1.82, 2.24) is 19.5 Å². The van der Waals surface area contributed by atoms with Gasteiger partial charge in [0.1, 0.15) is 10.1 Å². The number of aromatic nitrogens is 4. The molecule has 1 aliphatic carbocycles. The quantitative estimate of drug-likeness (QED) is 0.349. The zero-order valence-corrected chi connectivity index (χ0v) is 18.8. The molecule has 0 unspecified atom stereocenters. The second kappa shape index (κ2) is 7.40. The molecule has 3 heterocycles. The van der Waals surface area contributed by atoms with Gasteiger partial charge in [-0.3, -0.25) is 0 Å². The summed E-state index contributed by atoms with van der Waals surface area (Å²) in [6.45, 7) is 0.686. The molecule has 2 aromatic carbocycles. The molecule has 3 aromatic heterocycles. The number of imidazole rings is 1. The van der Waals surface area contributed by atoms with Crippen LogP contribution in [0.1, 0.15) is 22.7 Å². The summed E-state index contributed by atoms with van der Waals surface area (Å²) in [4.78, 5) is 13.7. The second-order valence-corrected chi connectivity index (χ2v) is 9.61. The monoisotopic (exact) mass is 491 g/mol. The van der Waals surface area contributed by atoms with Crippen LogP contribution < -0.4 is 5.32 Å². The number of anilines is 1. The van der Waals surface area contributed by atoms with Gasteiger partial charge in [0.25, 0.3) is 0 Å². The number of rotatable bonds is 4. The molecule has 8 heteroatoms. The van der Waals surface area contributed by atoms with Crippen LogP contribution in [0.15, 0.2) is 65.5 Å². The minimum Gasteiger partial charge on any atom is -0.390 e. The van der Waals surface area contributed by atoms with Gasteiger partial charge in [-0.05, 0) is 56.9 Å². The number of aliphatic hydroxyl groups is 1. The van der Waals surface area contributed by atoms with Gasteiger partial charge >= 0.3 is 0 Å². The predicted octanol–water partition coefficient (Wildman–Crippen LogP) is 4.92. The van der Waals surface area contributed by atoms with E-state index in [-0.39, 0.29) is 6.04 Å². The van der Waals surface area contributed by atoms with Gasteiger partial charge in [0, 0.05) is 6.42 Å². The van der Waals surface area contributed by atoms with Crippen molar-refractivity contribution in [1.29, 1.82) is 0 Å². The SMILES string of the molecule is O[C@@H]1Cc2ccccc2[C@H]1Nc1nc2ccc(Cn3cnc4ccc(Br)nc43)cc2s1. The van der Waals surface area contributed by atoms with E-state index >= 15 is 0 Å². The van der Waals surface area contributed by atoms with Crippen LogP contribution >= 0.6 is 27.3 Å². The largest absolute Gasteiger partial charge is 0.390 e. The van der Waals surface area contributed by atoms with Gasteiger partial charge in [-0.2, -0.15) is 0 Å². The number of nitrogens with zero attached hydrogens (tertiary/aromatic N) is 4. The minimum absolute atomic E-state index is 0.127. The maximum Gasteiger partial charge on any atom is 0.184 e. The number of pyridine rings is 1. The highest BCUT2D eigenvalue weighted by Gasteiger charge is 2.31. The van der Waals surface area contributed by atoms with Crippen molar-refractivity contribution < 1.29 is 5.11 Å². The molecule has 154 valence electrons. The Balaban J connectivity index is 1.28. The molecule has 31 heavy (non-hydrogen) atoms. The molecule has 0 fully saturated rings. The Morgan fingerprint density at radius 3 is 2.90 bits per heavy atom. The molecule has 0 saturated carbocycles. The Kier molecular flexibility index (Phi) is 4.52. The lowest BCUT2D eigenvalue weighted by atomic mass is 10.1. The van der Waals surface area contributed by atoms with Gasteiger partial charge < -0.3 is 15.0 Å². The molecular weight excluding hydrogens is 474 g/mol. The fourth-order valence-corrected chi connectivity index (χ4v) is 5.51. The van der Waals surface area contributed by atoms with Crippen LogP contribution in [0.25, 0.3) is 21.4 Å². The van der Waals surface area contributed by atoms with Crippen LogP contribution in [0.4, 0.5) is 5.13 Å². The van der Waals surface area contributed by atoms with Crippen LogP contribution in [-0.4, -0.2) is 30.7 Å². The molecule has 1 aliphatic rings. The van der Waals surface area contributed by atoms with Crippen LogP contribution in [0.5, 0.6) is 0 Å². The average Bonchev–Trinajstić information content (AvgIpc) is 3.44. The van der Waals surface area contributed by atoms with E-state index in [1.165, 1.54) is 5.56 Å². The Morgan fingerprint density at radius 2 is 1.97 bits per heavy atom. The van der Waals surface area contributed by atoms with Gasteiger partial charge in [0.2, 0.25) is 0 Å². The Hall–Kier alpha value is -2.81. The van der Waals surface area contributed by atoms with Crippen molar-refractivity contribution in [2.45, 2.75) is 25.1 Å². The zero-order chi connectivity index (χ0) is 20.9. The van der Waals surface area contributed by atoms with E-state index < -0.39 is 6.10 Å². The predicted molar refractivity (Wildman–Crippen MR) is 126 cm³/mol. The van der Waals surface area contributed by atoms with Crippen molar-refractivity contribution in [3.63, 3.8) is 0 Å². The number of aliphatic hydroxyl groups excluding tert-OH is 1. The van der Waals surface area contributed by atoms with Crippen molar-refractivity contribution in [3.05, 3.63) is 82.2 Å². The summed E-state index contributed by atoms with van der Waals surface area (Å²) in [7, 11) is 0. The Labute approximate surface area is 190 Å². The van der Waals surface area contributed by atoms with E-state index in [1.54, 1.807) is 11.3 Å². The molecule has 0 saturated heterocycles. The van der Waals surface area contributed by atoms with Gasteiger partial charge in [-0.1, -0.05) is 41.7 Å². The van der Waals surface area contributed by atoms with Crippen molar-refractivity contribution >= 4 is 53.8 Å². The molecule has 6 nitrogen and oxygen atoms in total. The van der Waals surface area contributed by atoms with Crippen molar-refractivity contribution in [2.75, 3.05) is 5.32 Å². The minimum atomic E-state index is -0.443. The Bertz CT molecular complexity index is 1430. The zero-order valence-electron chi connectivity index (χ0n) is 16.4. The van der Waals surface area contributed by atoms with Gasteiger partial charge in [0.05, 0.1) is 35.2 Å². The average molecular weight is 492 g/mol. The third kappa shape index (κ3) is 3.40. The fraction of sp³-hybridized carbons (Fsp3) is 0.174. The molecule has 0 aliphatic heterocycles. The summed E-state index contributed by atoms with van der Waals surface area (Å²) in [5.74, 6) is 0.